The van der Waals surface area contributed by atoms with Gasteiger partial charge in [-0.15, -0.1) is 5.10 Å². The van der Waals surface area contributed by atoms with E-state index in [0.29, 0.717) is 6.04 Å². The maximum Gasteiger partial charge on any atom is 0.319 e. The predicted molar refractivity (Wildman–Crippen MR) is 90.6 cm³/mol. The molecular formula is C16H29N7O. The van der Waals surface area contributed by atoms with Crippen molar-refractivity contribution in [2.24, 2.45) is 0 Å². The van der Waals surface area contributed by atoms with Crippen LogP contribution in [0.25, 0.3) is 0 Å². The van der Waals surface area contributed by atoms with E-state index >= 15 is 0 Å². The lowest BCUT2D eigenvalue weighted by molar-refractivity contribution is 0.0970. The van der Waals surface area contributed by atoms with Gasteiger partial charge in [-0.05, 0) is 30.2 Å². The van der Waals surface area contributed by atoms with Crippen LogP contribution in [0.1, 0.15) is 56.9 Å². The van der Waals surface area contributed by atoms with Crippen LogP contribution in [0, 0.1) is 0 Å². The van der Waals surface area contributed by atoms with Crippen LogP contribution in [0.4, 0.5) is 4.79 Å². The molecule has 2 amide bonds. The van der Waals surface area contributed by atoms with E-state index in [1.54, 1.807) is 19.0 Å². The van der Waals surface area contributed by atoms with Gasteiger partial charge in [0, 0.05) is 40.3 Å². The van der Waals surface area contributed by atoms with Gasteiger partial charge in [0.1, 0.15) is 0 Å². The highest BCUT2D eigenvalue weighted by Gasteiger charge is 2.30. The molecule has 0 radical (unpaired) electrons. The Morgan fingerprint density at radius 2 is 1.79 bits per heavy atom. The Bertz CT molecular complexity index is 544. The molecule has 0 bridgehead atoms. The Labute approximate surface area is 143 Å². The molecule has 0 aromatic carbocycles. The van der Waals surface area contributed by atoms with Crippen molar-refractivity contribution in [3.05, 3.63) is 5.82 Å². The summed E-state index contributed by atoms with van der Waals surface area (Å²) >= 11 is 0. The fraction of sp³-hybridized carbons (Fsp3) is 0.875. The zero-order valence-corrected chi connectivity index (χ0v) is 15.1. The third-order valence-electron chi connectivity index (χ3n) is 5.33. The van der Waals surface area contributed by atoms with Crippen molar-refractivity contribution in [3.63, 3.8) is 0 Å². The molecule has 24 heavy (non-hydrogen) atoms. The fourth-order valence-corrected chi connectivity index (χ4v) is 3.81. The Kier molecular flexibility index (Phi) is 5.33. The molecule has 134 valence electrons. The third-order valence-corrected chi connectivity index (χ3v) is 5.33. The van der Waals surface area contributed by atoms with Crippen molar-refractivity contribution in [2.75, 3.05) is 40.3 Å². The molecule has 2 heterocycles. The summed E-state index contributed by atoms with van der Waals surface area (Å²) < 4.78 is 2.06. The molecular weight excluding hydrogens is 306 g/mol. The number of rotatable bonds is 3. The number of carbonyl (C=O) groups excluding carboxylic acids is 1. The predicted octanol–water partition coefficient (Wildman–Crippen LogP) is 1.54. The average molecular weight is 335 g/mol. The van der Waals surface area contributed by atoms with Crippen LogP contribution in [0.2, 0.25) is 0 Å². The van der Waals surface area contributed by atoms with Crippen LogP contribution in [-0.2, 0) is 0 Å². The van der Waals surface area contributed by atoms with Gasteiger partial charge in [-0.3, -0.25) is 4.90 Å². The van der Waals surface area contributed by atoms with E-state index in [0.717, 1.165) is 32.0 Å². The number of urea groups is 1. The van der Waals surface area contributed by atoms with E-state index in [1.807, 2.05) is 4.90 Å². The van der Waals surface area contributed by atoms with Crippen molar-refractivity contribution in [1.82, 2.24) is 34.9 Å². The number of amides is 2. The Balaban J connectivity index is 1.63. The summed E-state index contributed by atoms with van der Waals surface area (Å²) in [4.78, 5) is 18.0. The Morgan fingerprint density at radius 3 is 2.42 bits per heavy atom. The highest BCUT2D eigenvalue weighted by Crippen LogP contribution is 2.30. The first-order valence-corrected chi connectivity index (χ1v) is 9.06. The minimum Gasteiger partial charge on any atom is -0.331 e. The maximum absolute atomic E-state index is 12.1. The molecule has 3 rings (SSSR count). The molecule has 2 fully saturated rings. The summed E-state index contributed by atoms with van der Waals surface area (Å²) in [7, 11) is 3.60. The van der Waals surface area contributed by atoms with Crippen molar-refractivity contribution in [1.29, 1.82) is 0 Å². The van der Waals surface area contributed by atoms with E-state index in [9.17, 15) is 4.79 Å². The lowest BCUT2D eigenvalue weighted by atomic mass is 9.95. The highest BCUT2D eigenvalue weighted by molar-refractivity contribution is 5.73. The first-order chi connectivity index (χ1) is 11.6. The van der Waals surface area contributed by atoms with Gasteiger partial charge >= 0.3 is 6.03 Å². The second-order valence-electron chi connectivity index (χ2n) is 7.15. The smallest absolute Gasteiger partial charge is 0.319 e. The molecule has 0 unspecified atom stereocenters. The van der Waals surface area contributed by atoms with E-state index in [4.69, 9.17) is 0 Å². The number of carbonyl (C=O) groups is 1. The molecule has 8 heteroatoms. The van der Waals surface area contributed by atoms with Crippen LogP contribution in [0.3, 0.4) is 0 Å². The zero-order valence-electron chi connectivity index (χ0n) is 15.1. The SMILES string of the molecule is C[C@@H](c1nnnn1C1CCCCC1)N1CCN(C(=O)N(C)C)CC1. The van der Waals surface area contributed by atoms with Gasteiger partial charge in [-0.1, -0.05) is 19.3 Å². The molecule has 0 N–H and O–H groups in total. The molecule has 2 aliphatic rings. The summed E-state index contributed by atoms with van der Waals surface area (Å²) in [5, 5.41) is 12.5. The van der Waals surface area contributed by atoms with E-state index < -0.39 is 0 Å². The van der Waals surface area contributed by atoms with E-state index in [2.05, 4.69) is 32.0 Å². The average Bonchev–Trinajstić information content (AvgIpc) is 3.11. The number of tetrazole rings is 1. The topological polar surface area (TPSA) is 70.4 Å². The molecule has 1 atom stereocenters. The number of hydrogen-bond acceptors (Lipinski definition) is 5. The minimum absolute atomic E-state index is 0.0920. The molecule has 1 saturated heterocycles. The minimum atomic E-state index is 0.0920. The molecule has 1 saturated carbocycles. The number of piperazine rings is 1. The standard InChI is InChI=1S/C16H29N7O/c1-13(21-9-11-22(12-10-21)16(24)20(2)3)15-17-18-19-23(15)14-7-5-4-6-8-14/h13-14H,4-12H2,1-3H3/t13-/m0/s1. The van der Waals surface area contributed by atoms with Crippen molar-refractivity contribution < 1.29 is 4.79 Å². The second-order valence-corrected chi connectivity index (χ2v) is 7.15. The van der Waals surface area contributed by atoms with Gasteiger partial charge < -0.3 is 9.80 Å². The van der Waals surface area contributed by atoms with Gasteiger partial charge in [0.05, 0.1) is 12.1 Å². The third kappa shape index (κ3) is 3.53. The summed E-state index contributed by atoms with van der Waals surface area (Å²) in [6.45, 7) is 5.41. The molecule has 1 aromatic heterocycles. The van der Waals surface area contributed by atoms with Crippen LogP contribution in [0.5, 0.6) is 0 Å². The number of aromatic nitrogens is 4. The van der Waals surface area contributed by atoms with Crippen molar-refractivity contribution in [2.45, 2.75) is 51.1 Å². The maximum atomic E-state index is 12.1. The van der Waals surface area contributed by atoms with E-state index in [-0.39, 0.29) is 12.1 Å². The van der Waals surface area contributed by atoms with Gasteiger partial charge in [0.2, 0.25) is 0 Å². The molecule has 1 aliphatic heterocycles. The molecule has 8 nitrogen and oxygen atoms in total. The zero-order chi connectivity index (χ0) is 17.1. The highest BCUT2D eigenvalue weighted by atomic mass is 16.2. The first kappa shape index (κ1) is 17.1. The summed E-state index contributed by atoms with van der Waals surface area (Å²) in [6, 6.07) is 0.718. The fourth-order valence-electron chi connectivity index (χ4n) is 3.81. The van der Waals surface area contributed by atoms with Crippen LogP contribution < -0.4 is 0 Å². The Hall–Kier alpha value is -1.70. The lowest BCUT2D eigenvalue weighted by Crippen LogP contribution is -2.52. The molecule has 1 aromatic rings. The summed E-state index contributed by atoms with van der Waals surface area (Å²) in [5.41, 5.74) is 0. The van der Waals surface area contributed by atoms with Crippen molar-refractivity contribution in [3.8, 4) is 0 Å². The lowest BCUT2D eigenvalue weighted by Gasteiger charge is -2.38. The normalized spacial score (nSPS) is 21.7. The number of hydrogen-bond donors (Lipinski definition) is 0. The van der Waals surface area contributed by atoms with E-state index in [1.165, 1.54) is 32.1 Å². The van der Waals surface area contributed by atoms with Gasteiger partial charge in [-0.25, -0.2) is 9.48 Å². The quantitative estimate of drug-likeness (QED) is 0.838. The summed E-state index contributed by atoms with van der Waals surface area (Å²) in [6.07, 6.45) is 6.21. The van der Waals surface area contributed by atoms with Crippen LogP contribution in [0.15, 0.2) is 0 Å². The monoisotopic (exact) mass is 335 g/mol. The largest absolute Gasteiger partial charge is 0.331 e. The molecule has 1 aliphatic carbocycles. The second kappa shape index (κ2) is 7.46. The van der Waals surface area contributed by atoms with Gasteiger partial charge in [0.15, 0.2) is 5.82 Å². The van der Waals surface area contributed by atoms with Crippen molar-refractivity contribution >= 4 is 6.03 Å². The Morgan fingerprint density at radius 1 is 1.12 bits per heavy atom. The van der Waals surface area contributed by atoms with Crippen LogP contribution in [-0.4, -0.2) is 81.2 Å². The number of nitrogens with zero attached hydrogens (tertiary/aromatic N) is 7. The first-order valence-electron chi connectivity index (χ1n) is 9.06. The summed E-state index contributed by atoms with van der Waals surface area (Å²) in [5.74, 6) is 0.967. The van der Waals surface area contributed by atoms with Gasteiger partial charge in [0.25, 0.3) is 0 Å². The van der Waals surface area contributed by atoms with Crippen LogP contribution >= 0.6 is 0 Å². The van der Waals surface area contributed by atoms with Gasteiger partial charge in [-0.2, -0.15) is 0 Å². The molecule has 0 spiro atoms.